The molecule has 0 spiro atoms. The first-order chi connectivity index (χ1) is 9.35. The van der Waals surface area contributed by atoms with Crippen LogP contribution in [-0.2, 0) is 11.0 Å². The van der Waals surface area contributed by atoms with Gasteiger partial charge in [-0.2, -0.15) is 4.80 Å². The number of aromatic hydroxyl groups is 1. The van der Waals surface area contributed by atoms with E-state index in [9.17, 15) is 4.39 Å². The van der Waals surface area contributed by atoms with Crippen LogP contribution in [0.25, 0.3) is 11.4 Å². The average molecular weight is 296 g/mol. The number of aromatic nitrogens is 4. The van der Waals surface area contributed by atoms with E-state index in [0.29, 0.717) is 24.5 Å². The van der Waals surface area contributed by atoms with Crippen molar-refractivity contribution in [3.8, 4) is 17.1 Å². The van der Waals surface area contributed by atoms with Crippen LogP contribution < -0.4 is 0 Å². The van der Waals surface area contributed by atoms with E-state index in [2.05, 4.69) is 35.1 Å². The number of halogens is 1. The van der Waals surface area contributed by atoms with Gasteiger partial charge in [0.15, 0.2) is 19.9 Å². The molecule has 0 aliphatic heterocycles. The van der Waals surface area contributed by atoms with E-state index in [0.717, 1.165) is 0 Å². The Labute approximate surface area is 117 Å². The van der Waals surface area contributed by atoms with E-state index in [1.807, 2.05) is 0 Å². The highest BCUT2D eigenvalue weighted by Gasteiger charge is 2.14. The second-order valence-electron chi connectivity index (χ2n) is 5.34. The predicted molar refractivity (Wildman–Crippen MR) is 74.2 cm³/mol. The molecule has 1 heterocycles. The Hall–Kier alpha value is -1.80. The molecule has 0 unspecified atom stereocenters. The van der Waals surface area contributed by atoms with Gasteiger partial charge in [-0.3, -0.25) is 0 Å². The SMILES string of the molecule is C[Si](C)(C)OCCn1nnc(-c2ccc(O)c(F)c2)n1. The van der Waals surface area contributed by atoms with Crippen LogP contribution in [0.2, 0.25) is 19.6 Å². The van der Waals surface area contributed by atoms with E-state index in [4.69, 9.17) is 9.53 Å². The number of phenols is 1. The fourth-order valence-corrected chi connectivity index (χ4v) is 2.24. The minimum Gasteiger partial charge on any atom is -0.505 e. The van der Waals surface area contributed by atoms with E-state index >= 15 is 0 Å². The molecule has 0 fully saturated rings. The molecule has 20 heavy (non-hydrogen) atoms. The molecule has 108 valence electrons. The molecule has 2 rings (SSSR count). The molecule has 6 nitrogen and oxygen atoms in total. The number of hydrogen-bond acceptors (Lipinski definition) is 5. The summed E-state index contributed by atoms with van der Waals surface area (Å²) in [5, 5.41) is 21.0. The summed E-state index contributed by atoms with van der Waals surface area (Å²) < 4.78 is 19.0. The Morgan fingerprint density at radius 3 is 2.75 bits per heavy atom. The third-order valence-corrected chi connectivity index (χ3v) is 3.56. The Morgan fingerprint density at radius 1 is 1.35 bits per heavy atom. The molecule has 0 amide bonds. The first-order valence-electron chi connectivity index (χ1n) is 6.26. The highest BCUT2D eigenvalue weighted by Crippen LogP contribution is 2.21. The van der Waals surface area contributed by atoms with Crippen LogP contribution in [0.1, 0.15) is 0 Å². The summed E-state index contributed by atoms with van der Waals surface area (Å²) in [6.07, 6.45) is 0. The highest BCUT2D eigenvalue weighted by molar-refractivity contribution is 6.69. The highest BCUT2D eigenvalue weighted by atomic mass is 28.4. The first kappa shape index (κ1) is 14.6. The van der Waals surface area contributed by atoms with Gasteiger partial charge < -0.3 is 9.53 Å². The van der Waals surface area contributed by atoms with Crippen molar-refractivity contribution >= 4 is 8.32 Å². The minimum atomic E-state index is -1.55. The first-order valence-corrected chi connectivity index (χ1v) is 9.67. The largest absolute Gasteiger partial charge is 0.505 e. The van der Waals surface area contributed by atoms with Crippen molar-refractivity contribution in [2.24, 2.45) is 0 Å². The number of rotatable bonds is 5. The molecule has 0 atom stereocenters. The molecule has 8 heteroatoms. The summed E-state index contributed by atoms with van der Waals surface area (Å²) in [5.41, 5.74) is 0.470. The molecule has 1 aromatic heterocycles. The summed E-state index contributed by atoms with van der Waals surface area (Å²) in [7, 11) is -1.55. The van der Waals surface area contributed by atoms with Crippen LogP contribution in [0.4, 0.5) is 4.39 Å². The lowest BCUT2D eigenvalue weighted by Crippen LogP contribution is -2.27. The number of benzene rings is 1. The lowest BCUT2D eigenvalue weighted by atomic mass is 10.2. The molecule has 0 saturated carbocycles. The van der Waals surface area contributed by atoms with Crippen molar-refractivity contribution in [2.75, 3.05) is 6.61 Å². The van der Waals surface area contributed by atoms with E-state index < -0.39 is 19.9 Å². The summed E-state index contributed by atoms with van der Waals surface area (Å²) in [6.45, 7) is 7.33. The smallest absolute Gasteiger partial charge is 0.205 e. The van der Waals surface area contributed by atoms with Crippen LogP contribution in [0.15, 0.2) is 18.2 Å². The Morgan fingerprint density at radius 2 is 2.10 bits per heavy atom. The van der Waals surface area contributed by atoms with Crippen LogP contribution in [0.5, 0.6) is 5.75 Å². The lowest BCUT2D eigenvalue weighted by Gasteiger charge is -2.16. The fraction of sp³-hybridized carbons (Fsp3) is 0.417. The maximum atomic E-state index is 13.3. The summed E-state index contributed by atoms with van der Waals surface area (Å²) in [6, 6.07) is 3.98. The topological polar surface area (TPSA) is 73.1 Å². The monoisotopic (exact) mass is 296 g/mol. The van der Waals surface area contributed by atoms with Crippen molar-refractivity contribution < 1.29 is 13.9 Å². The Kier molecular flexibility index (Phi) is 4.14. The standard InChI is InChI=1S/C12H17FN4O2Si/c1-20(2,3)19-7-6-17-15-12(14-16-17)9-4-5-11(18)10(13)8-9/h4-5,8,18H,6-7H2,1-3H3. The van der Waals surface area contributed by atoms with Gasteiger partial charge in [-0.1, -0.05) is 0 Å². The van der Waals surface area contributed by atoms with E-state index in [1.54, 1.807) is 6.07 Å². The maximum absolute atomic E-state index is 13.3. The van der Waals surface area contributed by atoms with Gasteiger partial charge in [-0.05, 0) is 43.1 Å². The van der Waals surface area contributed by atoms with Crippen molar-refractivity contribution in [1.29, 1.82) is 0 Å². The summed E-state index contributed by atoms with van der Waals surface area (Å²) in [5.74, 6) is -0.789. The third kappa shape index (κ3) is 3.84. The van der Waals surface area contributed by atoms with Crippen molar-refractivity contribution in [3.05, 3.63) is 24.0 Å². The van der Waals surface area contributed by atoms with Gasteiger partial charge in [0, 0.05) is 5.56 Å². The molecule has 0 aliphatic rings. The Bertz CT molecular complexity index is 597. The molecular formula is C12H17FN4O2Si. The fourth-order valence-electron chi connectivity index (χ4n) is 1.53. The molecule has 2 aromatic rings. The molecule has 0 bridgehead atoms. The quantitative estimate of drug-likeness (QED) is 0.855. The van der Waals surface area contributed by atoms with Crippen LogP contribution in [0, 0.1) is 5.82 Å². The number of nitrogens with zero attached hydrogens (tertiary/aromatic N) is 4. The maximum Gasteiger partial charge on any atom is 0.205 e. The average Bonchev–Trinajstić information content (AvgIpc) is 2.80. The summed E-state index contributed by atoms with van der Waals surface area (Å²) in [4.78, 5) is 1.42. The van der Waals surface area contributed by atoms with Gasteiger partial charge in [-0.15, -0.1) is 10.2 Å². The number of tetrazole rings is 1. The second-order valence-corrected chi connectivity index (χ2v) is 9.85. The molecule has 0 radical (unpaired) electrons. The second kappa shape index (κ2) is 5.67. The van der Waals surface area contributed by atoms with Crippen molar-refractivity contribution in [2.45, 2.75) is 26.2 Å². The number of hydrogen-bond donors (Lipinski definition) is 1. The molecule has 0 saturated heterocycles. The van der Waals surface area contributed by atoms with Crippen LogP contribution in [-0.4, -0.2) is 40.2 Å². The van der Waals surface area contributed by atoms with Gasteiger partial charge >= 0.3 is 0 Å². The van der Waals surface area contributed by atoms with Crippen LogP contribution in [0.3, 0.4) is 0 Å². The van der Waals surface area contributed by atoms with E-state index in [1.165, 1.54) is 16.9 Å². The van der Waals surface area contributed by atoms with Gasteiger partial charge in [0.05, 0.1) is 13.2 Å². The van der Waals surface area contributed by atoms with Gasteiger partial charge in [0.25, 0.3) is 0 Å². The Balaban J connectivity index is 2.03. The zero-order valence-electron chi connectivity index (χ0n) is 11.7. The predicted octanol–water partition coefficient (Wildman–Crippen LogP) is 2.04. The van der Waals surface area contributed by atoms with Gasteiger partial charge in [-0.25, -0.2) is 4.39 Å². The lowest BCUT2D eigenvalue weighted by molar-refractivity contribution is 0.274. The third-order valence-electron chi connectivity index (χ3n) is 2.49. The molecule has 1 N–H and O–H groups in total. The molecule has 1 aromatic carbocycles. The minimum absolute atomic E-state index is 0.317. The normalized spacial score (nSPS) is 11.8. The number of phenolic OH excluding ortho intramolecular Hbond substituents is 1. The van der Waals surface area contributed by atoms with E-state index in [-0.39, 0.29) is 0 Å². The van der Waals surface area contributed by atoms with Gasteiger partial charge in [0.2, 0.25) is 5.82 Å². The van der Waals surface area contributed by atoms with Crippen molar-refractivity contribution in [1.82, 2.24) is 20.2 Å². The zero-order chi connectivity index (χ0) is 14.8. The molecular weight excluding hydrogens is 279 g/mol. The zero-order valence-corrected chi connectivity index (χ0v) is 12.7. The van der Waals surface area contributed by atoms with Gasteiger partial charge in [0.1, 0.15) is 0 Å². The molecule has 0 aliphatic carbocycles. The van der Waals surface area contributed by atoms with Crippen LogP contribution >= 0.6 is 0 Å². The van der Waals surface area contributed by atoms with Crippen molar-refractivity contribution in [3.63, 3.8) is 0 Å². The summed E-state index contributed by atoms with van der Waals surface area (Å²) >= 11 is 0.